The van der Waals surface area contributed by atoms with Gasteiger partial charge >= 0.3 is 0 Å². The quantitative estimate of drug-likeness (QED) is 0.625. The Morgan fingerprint density at radius 2 is 2.00 bits per heavy atom. The van der Waals surface area contributed by atoms with Crippen LogP contribution in [0.1, 0.15) is 27.7 Å². The van der Waals surface area contributed by atoms with Crippen molar-refractivity contribution in [3.63, 3.8) is 0 Å². The second kappa shape index (κ2) is 10.2. The van der Waals surface area contributed by atoms with Crippen LogP contribution < -0.4 is 11.1 Å². The topological polar surface area (TPSA) is 55.1 Å². The number of amides is 1. The summed E-state index contributed by atoms with van der Waals surface area (Å²) < 4.78 is 0. The van der Waals surface area contributed by atoms with Crippen LogP contribution in [0.5, 0.6) is 0 Å². The lowest BCUT2D eigenvalue weighted by molar-refractivity contribution is -0.116. The van der Waals surface area contributed by atoms with Crippen molar-refractivity contribution in [3.8, 4) is 0 Å². The Morgan fingerprint density at radius 1 is 1.50 bits per heavy atom. The van der Waals surface area contributed by atoms with Crippen LogP contribution in [0, 0.1) is 0 Å². The average molecular weight is 172 g/mol. The molecular formula is C9H20N2O. The van der Waals surface area contributed by atoms with Crippen LogP contribution in [0.3, 0.4) is 0 Å². The lowest BCUT2D eigenvalue weighted by atomic mass is 10.4. The minimum Gasteiger partial charge on any atom is -0.350 e. The van der Waals surface area contributed by atoms with Crippen molar-refractivity contribution in [1.82, 2.24) is 5.32 Å². The van der Waals surface area contributed by atoms with Gasteiger partial charge in [-0.3, -0.25) is 4.79 Å². The number of nitrogens with two attached hydrogens (primary N) is 1. The smallest absolute Gasteiger partial charge is 0.243 e. The summed E-state index contributed by atoms with van der Waals surface area (Å²) in [6.07, 6.45) is 3.07. The maximum absolute atomic E-state index is 10.8. The third-order valence-electron chi connectivity index (χ3n) is 0.836. The van der Waals surface area contributed by atoms with Crippen LogP contribution in [0.25, 0.3) is 0 Å². The normalized spacial score (nSPS) is 9.50. The van der Waals surface area contributed by atoms with E-state index in [1.165, 1.54) is 6.08 Å². The molecule has 3 N–H and O–H groups in total. The first-order valence-electron chi connectivity index (χ1n) is 4.34. The van der Waals surface area contributed by atoms with E-state index in [0.717, 1.165) is 0 Å². The Balaban J connectivity index is 0. The number of carbonyl (C=O) groups excluding carboxylic acids is 1. The highest BCUT2D eigenvalue weighted by Crippen LogP contribution is 1.77. The molecule has 12 heavy (non-hydrogen) atoms. The van der Waals surface area contributed by atoms with E-state index in [0.29, 0.717) is 6.54 Å². The van der Waals surface area contributed by atoms with Gasteiger partial charge in [-0.1, -0.05) is 19.9 Å². The summed E-state index contributed by atoms with van der Waals surface area (Å²) in [5.41, 5.74) is 5.14. The number of hydrogen-bond donors (Lipinski definition) is 2. The van der Waals surface area contributed by atoms with Gasteiger partial charge in [-0.15, -0.1) is 0 Å². The van der Waals surface area contributed by atoms with Crippen LogP contribution in [-0.4, -0.2) is 18.5 Å². The summed E-state index contributed by atoms with van der Waals surface area (Å²) in [5, 5.41) is 2.70. The van der Waals surface area contributed by atoms with Gasteiger partial charge in [-0.05, 0) is 13.8 Å². The fourth-order valence-electron chi connectivity index (χ4n) is 0.508. The van der Waals surface area contributed by atoms with Crippen LogP contribution in [0.4, 0.5) is 0 Å². The Labute approximate surface area is 75.0 Å². The average Bonchev–Trinajstić information content (AvgIpc) is 2.03. The minimum absolute atomic E-state index is 0.0829. The third-order valence-corrected chi connectivity index (χ3v) is 0.836. The maximum atomic E-state index is 10.8. The zero-order valence-electron chi connectivity index (χ0n) is 8.42. The molecule has 0 fully saturated rings. The van der Waals surface area contributed by atoms with Crippen molar-refractivity contribution in [1.29, 1.82) is 0 Å². The molecule has 0 aliphatic carbocycles. The van der Waals surface area contributed by atoms with Crippen LogP contribution in [0.2, 0.25) is 0 Å². The zero-order chi connectivity index (χ0) is 9.98. The van der Waals surface area contributed by atoms with E-state index < -0.39 is 0 Å². The van der Waals surface area contributed by atoms with Gasteiger partial charge in [0, 0.05) is 18.7 Å². The SMILES string of the molecule is CC.CC(C)NC(=O)/C=C/CN. The predicted octanol–water partition coefficient (Wildman–Crippen LogP) is 1.05. The summed E-state index contributed by atoms with van der Waals surface area (Å²) in [7, 11) is 0. The molecule has 0 aliphatic rings. The van der Waals surface area contributed by atoms with Crippen molar-refractivity contribution in [3.05, 3.63) is 12.2 Å². The largest absolute Gasteiger partial charge is 0.350 e. The summed E-state index contributed by atoms with van der Waals surface area (Å²) in [6, 6.07) is 0.190. The number of rotatable bonds is 3. The molecule has 0 aromatic carbocycles. The van der Waals surface area contributed by atoms with E-state index in [1.54, 1.807) is 6.08 Å². The number of hydrogen-bond acceptors (Lipinski definition) is 2. The van der Waals surface area contributed by atoms with Crippen LogP contribution >= 0.6 is 0 Å². The van der Waals surface area contributed by atoms with Gasteiger partial charge < -0.3 is 11.1 Å². The van der Waals surface area contributed by atoms with Crippen molar-refractivity contribution in [2.24, 2.45) is 5.73 Å². The summed E-state index contributed by atoms with van der Waals surface area (Å²) in [6.45, 7) is 8.23. The minimum atomic E-state index is -0.0829. The second-order valence-electron chi connectivity index (χ2n) is 2.30. The molecule has 3 heteroatoms. The first kappa shape index (κ1) is 13.7. The number of carbonyl (C=O) groups is 1. The van der Waals surface area contributed by atoms with Crippen LogP contribution in [-0.2, 0) is 4.79 Å². The molecule has 0 aromatic heterocycles. The Kier molecular flexibility index (Phi) is 11.6. The van der Waals surface area contributed by atoms with Gasteiger partial charge in [0.05, 0.1) is 0 Å². The van der Waals surface area contributed by atoms with E-state index in [4.69, 9.17) is 5.73 Å². The molecule has 0 aliphatic heterocycles. The Morgan fingerprint density at radius 3 is 2.33 bits per heavy atom. The summed E-state index contributed by atoms with van der Waals surface area (Å²) >= 11 is 0. The molecule has 0 atom stereocenters. The fourth-order valence-corrected chi connectivity index (χ4v) is 0.508. The van der Waals surface area contributed by atoms with E-state index >= 15 is 0 Å². The maximum Gasteiger partial charge on any atom is 0.243 e. The fraction of sp³-hybridized carbons (Fsp3) is 0.667. The molecule has 1 amide bonds. The van der Waals surface area contributed by atoms with Crippen molar-refractivity contribution in [2.75, 3.05) is 6.54 Å². The molecule has 0 saturated heterocycles. The monoisotopic (exact) mass is 172 g/mol. The van der Waals surface area contributed by atoms with Gasteiger partial charge in [-0.25, -0.2) is 0 Å². The van der Waals surface area contributed by atoms with Crippen molar-refractivity contribution >= 4 is 5.91 Å². The lowest BCUT2D eigenvalue weighted by Crippen LogP contribution is -2.28. The van der Waals surface area contributed by atoms with Crippen LogP contribution in [0.15, 0.2) is 12.2 Å². The van der Waals surface area contributed by atoms with E-state index in [-0.39, 0.29) is 11.9 Å². The second-order valence-corrected chi connectivity index (χ2v) is 2.30. The van der Waals surface area contributed by atoms with Gasteiger partial charge in [0.2, 0.25) is 5.91 Å². The zero-order valence-corrected chi connectivity index (χ0v) is 8.42. The standard InChI is InChI=1S/C7H14N2O.C2H6/c1-6(2)9-7(10)4-3-5-8;1-2/h3-4,6H,5,8H2,1-2H3,(H,9,10);1-2H3/b4-3+;. The van der Waals surface area contributed by atoms with Crippen molar-refractivity contribution < 1.29 is 4.79 Å². The molecule has 0 radical (unpaired) electrons. The molecule has 0 heterocycles. The molecule has 0 spiro atoms. The molecule has 0 aromatic rings. The van der Waals surface area contributed by atoms with E-state index in [1.807, 2.05) is 27.7 Å². The molecule has 0 saturated carbocycles. The molecule has 0 unspecified atom stereocenters. The highest BCUT2D eigenvalue weighted by Gasteiger charge is 1.95. The first-order chi connectivity index (χ1) is 5.66. The predicted molar refractivity (Wildman–Crippen MR) is 52.8 cm³/mol. The highest BCUT2D eigenvalue weighted by molar-refractivity contribution is 5.87. The third kappa shape index (κ3) is 11.9. The summed E-state index contributed by atoms with van der Waals surface area (Å²) in [4.78, 5) is 10.8. The first-order valence-corrected chi connectivity index (χ1v) is 4.34. The Bertz CT molecular complexity index is 130. The molecule has 0 bridgehead atoms. The van der Waals surface area contributed by atoms with E-state index in [9.17, 15) is 4.79 Å². The van der Waals surface area contributed by atoms with Gasteiger partial charge in [0.1, 0.15) is 0 Å². The highest BCUT2D eigenvalue weighted by atomic mass is 16.1. The van der Waals surface area contributed by atoms with Gasteiger partial charge in [-0.2, -0.15) is 0 Å². The van der Waals surface area contributed by atoms with Gasteiger partial charge in [0.25, 0.3) is 0 Å². The lowest BCUT2D eigenvalue weighted by Gasteiger charge is -2.03. The molecular weight excluding hydrogens is 152 g/mol. The summed E-state index contributed by atoms with van der Waals surface area (Å²) in [5.74, 6) is -0.0829. The number of nitrogens with one attached hydrogen (secondary N) is 1. The van der Waals surface area contributed by atoms with E-state index in [2.05, 4.69) is 5.32 Å². The molecule has 0 rings (SSSR count). The molecule has 3 nitrogen and oxygen atoms in total. The Hall–Kier alpha value is -0.830. The van der Waals surface area contributed by atoms with Crippen molar-refractivity contribution in [2.45, 2.75) is 33.7 Å². The molecule has 72 valence electrons. The van der Waals surface area contributed by atoms with Gasteiger partial charge in [0.15, 0.2) is 0 Å².